The molecule has 2 aliphatic rings. The van der Waals surface area contributed by atoms with Gasteiger partial charge in [-0.1, -0.05) is 12.1 Å². The van der Waals surface area contributed by atoms with Crippen LogP contribution in [0, 0.1) is 23.7 Å². The second-order valence-corrected chi connectivity index (χ2v) is 11.7. The standard InChI is InChI=1S/C26H31N5O6S/c1-19-15-20(16-27)4-5-23(19)21-6-11-31(12-7-21)38(35,36)18-26(24(32)29-34)8-13-30(14-9-26)25(33)37-17-22-3-2-10-28-22/h2-6,10,15,28,34H,7-9,11-14,17-18H2,1H3,(H,29,32). The molecule has 0 saturated carbocycles. The lowest BCUT2D eigenvalue weighted by Crippen LogP contribution is -2.54. The summed E-state index contributed by atoms with van der Waals surface area (Å²) in [6, 6.07) is 11.1. The number of H-pyrrole nitrogens is 1. The molecule has 0 spiro atoms. The topological polar surface area (TPSA) is 156 Å². The average Bonchev–Trinajstić information content (AvgIpc) is 3.45. The van der Waals surface area contributed by atoms with E-state index in [1.165, 1.54) is 9.21 Å². The van der Waals surface area contributed by atoms with Crippen LogP contribution < -0.4 is 5.48 Å². The van der Waals surface area contributed by atoms with Crippen LogP contribution in [0.1, 0.15) is 41.6 Å². The zero-order valence-electron chi connectivity index (χ0n) is 21.1. The largest absolute Gasteiger partial charge is 0.443 e. The number of hydroxylamine groups is 1. The van der Waals surface area contributed by atoms with E-state index in [4.69, 9.17) is 10.00 Å². The van der Waals surface area contributed by atoms with E-state index in [1.54, 1.807) is 35.9 Å². The van der Waals surface area contributed by atoms with Crippen molar-refractivity contribution in [2.75, 3.05) is 31.9 Å². The molecule has 0 aliphatic carbocycles. The number of ether oxygens (including phenoxy) is 1. The molecule has 2 aliphatic heterocycles. The van der Waals surface area contributed by atoms with Gasteiger partial charge < -0.3 is 14.6 Å². The van der Waals surface area contributed by atoms with Crippen LogP contribution in [0.4, 0.5) is 4.79 Å². The number of amides is 2. The summed E-state index contributed by atoms with van der Waals surface area (Å²) in [5.74, 6) is -1.25. The quantitative estimate of drug-likeness (QED) is 0.359. The summed E-state index contributed by atoms with van der Waals surface area (Å²) in [5, 5.41) is 18.5. The molecule has 1 aromatic heterocycles. The number of carbonyl (C=O) groups is 2. The fraction of sp³-hybridized carbons (Fsp3) is 0.423. The van der Waals surface area contributed by atoms with Crippen molar-refractivity contribution in [2.45, 2.75) is 32.8 Å². The third kappa shape index (κ3) is 5.91. The summed E-state index contributed by atoms with van der Waals surface area (Å²) in [4.78, 5) is 29.6. The van der Waals surface area contributed by atoms with Crippen molar-refractivity contribution in [1.82, 2.24) is 19.7 Å². The number of likely N-dealkylation sites (tertiary alicyclic amines) is 1. The van der Waals surface area contributed by atoms with Crippen molar-refractivity contribution in [2.24, 2.45) is 5.41 Å². The highest BCUT2D eigenvalue weighted by atomic mass is 32.2. The third-order valence-electron chi connectivity index (χ3n) is 7.30. The molecular formula is C26H31N5O6S. The molecule has 0 bridgehead atoms. The lowest BCUT2D eigenvalue weighted by molar-refractivity contribution is -0.141. The summed E-state index contributed by atoms with van der Waals surface area (Å²) in [6.07, 6.45) is 3.65. The van der Waals surface area contributed by atoms with Gasteiger partial charge in [0.05, 0.1) is 28.5 Å². The number of nitrogens with one attached hydrogen (secondary N) is 2. The van der Waals surface area contributed by atoms with Gasteiger partial charge in [-0.3, -0.25) is 10.0 Å². The lowest BCUT2D eigenvalue weighted by Gasteiger charge is -2.40. The fourth-order valence-corrected chi connectivity index (χ4v) is 7.01. The van der Waals surface area contributed by atoms with Crippen molar-refractivity contribution in [3.63, 3.8) is 0 Å². The summed E-state index contributed by atoms with van der Waals surface area (Å²) in [7, 11) is -3.87. The van der Waals surface area contributed by atoms with Gasteiger partial charge in [-0.15, -0.1) is 0 Å². The van der Waals surface area contributed by atoms with Crippen molar-refractivity contribution in [3.05, 3.63) is 65.0 Å². The van der Waals surface area contributed by atoms with E-state index in [0.29, 0.717) is 12.0 Å². The highest BCUT2D eigenvalue weighted by Gasteiger charge is 2.47. The fourth-order valence-electron chi connectivity index (χ4n) is 5.04. The van der Waals surface area contributed by atoms with E-state index in [-0.39, 0.29) is 45.6 Å². The minimum absolute atomic E-state index is 0.0651. The summed E-state index contributed by atoms with van der Waals surface area (Å²) >= 11 is 0. The molecule has 0 radical (unpaired) electrons. The molecule has 4 rings (SSSR count). The van der Waals surface area contributed by atoms with Crippen molar-refractivity contribution >= 4 is 27.6 Å². The van der Waals surface area contributed by atoms with Crippen LogP contribution in [-0.2, 0) is 26.2 Å². The second kappa shape index (κ2) is 11.4. The van der Waals surface area contributed by atoms with Crippen LogP contribution in [0.5, 0.6) is 0 Å². The first-order valence-electron chi connectivity index (χ1n) is 12.3. The first kappa shape index (κ1) is 27.4. The van der Waals surface area contributed by atoms with Gasteiger partial charge in [0.15, 0.2) is 0 Å². The number of aryl methyl sites for hydroxylation is 1. The zero-order valence-corrected chi connectivity index (χ0v) is 22.0. The Morgan fingerprint density at radius 1 is 1.24 bits per heavy atom. The predicted octanol–water partition coefficient (Wildman–Crippen LogP) is 2.54. The number of sulfonamides is 1. The smallest absolute Gasteiger partial charge is 0.410 e. The Hall–Kier alpha value is -3.66. The van der Waals surface area contributed by atoms with E-state index in [9.17, 15) is 23.2 Å². The van der Waals surface area contributed by atoms with E-state index >= 15 is 0 Å². The number of nitrogens with zero attached hydrogens (tertiary/aromatic N) is 3. The molecule has 0 atom stereocenters. The normalized spacial score (nSPS) is 17.8. The van der Waals surface area contributed by atoms with Crippen molar-refractivity contribution in [1.29, 1.82) is 5.26 Å². The maximum Gasteiger partial charge on any atom is 0.410 e. The number of piperidine rings is 1. The van der Waals surface area contributed by atoms with Crippen LogP contribution >= 0.6 is 0 Å². The first-order chi connectivity index (χ1) is 18.2. The Kier molecular flexibility index (Phi) is 8.20. The van der Waals surface area contributed by atoms with Crippen LogP contribution in [0.25, 0.3) is 5.57 Å². The Morgan fingerprint density at radius 3 is 2.58 bits per heavy atom. The molecule has 1 aromatic carbocycles. The molecule has 2 amide bonds. The van der Waals surface area contributed by atoms with Crippen LogP contribution in [0.15, 0.2) is 42.6 Å². The maximum atomic E-state index is 13.4. The second-order valence-electron chi connectivity index (χ2n) is 9.69. The molecule has 1 saturated heterocycles. The molecular weight excluding hydrogens is 510 g/mol. The molecule has 12 heteroatoms. The van der Waals surface area contributed by atoms with Gasteiger partial charge in [0, 0.05) is 32.4 Å². The maximum absolute atomic E-state index is 13.4. The van der Waals surface area contributed by atoms with Crippen LogP contribution in [-0.4, -0.2) is 71.7 Å². The molecule has 2 aromatic rings. The van der Waals surface area contributed by atoms with Gasteiger partial charge in [0.1, 0.15) is 6.61 Å². The monoisotopic (exact) mass is 541 g/mol. The van der Waals surface area contributed by atoms with E-state index in [0.717, 1.165) is 22.4 Å². The Balaban J connectivity index is 1.41. The van der Waals surface area contributed by atoms with Crippen molar-refractivity contribution in [3.8, 4) is 6.07 Å². The number of rotatable bonds is 7. The van der Waals surface area contributed by atoms with Gasteiger partial charge in [-0.25, -0.2) is 18.7 Å². The molecule has 3 N–H and O–H groups in total. The number of carbonyl (C=O) groups excluding carboxylic acids is 2. The first-order valence-corrected chi connectivity index (χ1v) is 13.9. The summed E-state index contributed by atoms with van der Waals surface area (Å²) < 4.78 is 33.5. The number of aromatic amines is 1. The molecule has 38 heavy (non-hydrogen) atoms. The number of nitriles is 1. The molecule has 0 unspecified atom stereocenters. The molecule has 3 heterocycles. The average molecular weight is 542 g/mol. The van der Waals surface area contributed by atoms with E-state index < -0.39 is 33.2 Å². The Bertz CT molecular complexity index is 1350. The molecule has 1 fully saturated rings. The SMILES string of the molecule is Cc1cc(C#N)ccc1C1=CCN(S(=O)(=O)CC2(C(=O)NO)CCN(C(=O)OCc3ccc[nH]3)CC2)CC1. The predicted molar refractivity (Wildman–Crippen MR) is 138 cm³/mol. The highest BCUT2D eigenvalue weighted by Crippen LogP contribution is 2.36. The number of hydrogen-bond donors (Lipinski definition) is 3. The summed E-state index contributed by atoms with van der Waals surface area (Å²) in [6.45, 7) is 2.64. The lowest BCUT2D eigenvalue weighted by atomic mass is 9.79. The number of benzene rings is 1. The number of hydrogen-bond acceptors (Lipinski definition) is 7. The van der Waals surface area contributed by atoms with Gasteiger partial charge in [-0.05, 0) is 67.2 Å². The molecule has 202 valence electrons. The Labute approximate surface area is 221 Å². The summed E-state index contributed by atoms with van der Waals surface area (Å²) in [5.41, 5.74) is 4.50. The zero-order chi connectivity index (χ0) is 27.3. The van der Waals surface area contributed by atoms with Gasteiger partial charge in [-0.2, -0.15) is 9.57 Å². The minimum Gasteiger partial charge on any atom is -0.443 e. The van der Waals surface area contributed by atoms with E-state index in [1.807, 2.05) is 19.1 Å². The van der Waals surface area contributed by atoms with E-state index in [2.05, 4.69) is 11.1 Å². The molecule has 11 nitrogen and oxygen atoms in total. The minimum atomic E-state index is -3.87. The van der Waals surface area contributed by atoms with Gasteiger partial charge >= 0.3 is 6.09 Å². The highest BCUT2D eigenvalue weighted by molar-refractivity contribution is 7.89. The van der Waals surface area contributed by atoms with Crippen LogP contribution in [0.2, 0.25) is 0 Å². The third-order valence-corrected chi connectivity index (χ3v) is 9.34. The number of aromatic nitrogens is 1. The van der Waals surface area contributed by atoms with Crippen LogP contribution in [0.3, 0.4) is 0 Å². The van der Waals surface area contributed by atoms with Gasteiger partial charge in [0.25, 0.3) is 5.91 Å². The Morgan fingerprint density at radius 2 is 2.00 bits per heavy atom. The van der Waals surface area contributed by atoms with Gasteiger partial charge in [0.2, 0.25) is 10.0 Å². The van der Waals surface area contributed by atoms with Crippen molar-refractivity contribution < 1.29 is 28.0 Å².